The number of nitro groups is 1. The summed E-state index contributed by atoms with van der Waals surface area (Å²) in [6.45, 7) is 1.86. The highest BCUT2D eigenvalue weighted by Gasteiger charge is 2.07. The number of nitro benzene ring substituents is 1. The zero-order chi connectivity index (χ0) is 13.8. The van der Waals surface area contributed by atoms with Gasteiger partial charge in [0.15, 0.2) is 0 Å². The first-order valence-corrected chi connectivity index (χ1v) is 5.58. The van der Waals surface area contributed by atoms with Gasteiger partial charge in [-0.15, -0.1) is 0 Å². The number of carbonyl (C=O) groups excluding carboxylic acids is 1. The smallest absolute Gasteiger partial charge is 0.269 e. The van der Waals surface area contributed by atoms with E-state index in [1.54, 1.807) is 18.2 Å². The molecule has 0 bridgehead atoms. The van der Waals surface area contributed by atoms with Crippen LogP contribution in [0.1, 0.15) is 15.9 Å². The van der Waals surface area contributed by atoms with Gasteiger partial charge in [0.1, 0.15) is 17.8 Å². The normalized spacial score (nSPS) is 9.95. The molecule has 2 aromatic rings. The largest absolute Gasteiger partial charge is 0.457 e. The quantitative estimate of drug-likeness (QED) is 0.477. The van der Waals surface area contributed by atoms with E-state index in [1.807, 2.05) is 6.92 Å². The molecule has 0 saturated carbocycles. The predicted octanol–water partition coefficient (Wildman–Crippen LogP) is 3.51. The van der Waals surface area contributed by atoms with Gasteiger partial charge in [-0.1, -0.05) is 12.1 Å². The van der Waals surface area contributed by atoms with E-state index in [0.717, 1.165) is 11.8 Å². The number of aldehydes is 1. The average molecular weight is 257 g/mol. The summed E-state index contributed by atoms with van der Waals surface area (Å²) in [5, 5.41) is 10.5. The van der Waals surface area contributed by atoms with Crippen molar-refractivity contribution in [3.8, 4) is 11.5 Å². The van der Waals surface area contributed by atoms with Crippen LogP contribution in [0, 0.1) is 17.0 Å². The van der Waals surface area contributed by atoms with Gasteiger partial charge < -0.3 is 4.74 Å². The molecule has 0 amide bonds. The first kappa shape index (κ1) is 12.8. The van der Waals surface area contributed by atoms with Crippen LogP contribution in [0.15, 0.2) is 42.5 Å². The van der Waals surface area contributed by atoms with Gasteiger partial charge in [0.2, 0.25) is 0 Å². The highest BCUT2D eigenvalue weighted by Crippen LogP contribution is 2.27. The number of benzene rings is 2. The first-order chi connectivity index (χ1) is 9.10. The van der Waals surface area contributed by atoms with E-state index in [-0.39, 0.29) is 5.69 Å². The molecule has 0 aliphatic carbocycles. The molecule has 0 aliphatic rings. The Morgan fingerprint density at radius 2 is 1.84 bits per heavy atom. The van der Waals surface area contributed by atoms with Crippen LogP contribution in [-0.2, 0) is 0 Å². The Bertz CT molecular complexity index is 620. The van der Waals surface area contributed by atoms with Gasteiger partial charge in [-0.2, -0.15) is 0 Å². The molecule has 5 nitrogen and oxygen atoms in total. The van der Waals surface area contributed by atoms with Crippen molar-refractivity contribution in [1.29, 1.82) is 0 Å². The molecule has 0 aliphatic heterocycles. The number of rotatable bonds is 4. The van der Waals surface area contributed by atoms with E-state index >= 15 is 0 Å². The van der Waals surface area contributed by atoms with E-state index in [1.165, 1.54) is 24.3 Å². The van der Waals surface area contributed by atoms with E-state index < -0.39 is 4.92 Å². The molecule has 0 heterocycles. The molecule has 0 aromatic heterocycles. The van der Waals surface area contributed by atoms with Crippen LogP contribution in [0.5, 0.6) is 11.5 Å². The van der Waals surface area contributed by atoms with E-state index in [4.69, 9.17) is 4.74 Å². The maximum atomic E-state index is 10.7. The van der Waals surface area contributed by atoms with Crippen molar-refractivity contribution in [2.24, 2.45) is 0 Å². The molecule has 0 saturated heterocycles. The lowest BCUT2D eigenvalue weighted by molar-refractivity contribution is -0.384. The zero-order valence-corrected chi connectivity index (χ0v) is 10.2. The van der Waals surface area contributed by atoms with E-state index in [9.17, 15) is 14.9 Å². The van der Waals surface area contributed by atoms with Crippen LogP contribution in [0.25, 0.3) is 0 Å². The average Bonchev–Trinajstić information content (AvgIpc) is 2.42. The third-order valence-corrected chi connectivity index (χ3v) is 2.62. The van der Waals surface area contributed by atoms with Crippen molar-refractivity contribution >= 4 is 12.0 Å². The topological polar surface area (TPSA) is 69.4 Å². The summed E-state index contributed by atoms with van der Waals surface area (Å²) in [5.74, 6) is 1.04. The fourth-order valence-corrected chi connectivity index (χ4v) is 1.56. The van der Waals surface area contributed by atoms with E-state index in [0.29, 0.717) is 17.1 Å². The molecule has 0 radical (unpaired) electrons. The van der Waals surface area contributed by atoms with Crippen LogP contribution < -0.4 is 4.74 Å². The van der Waals surface area contributed by atoms with Crippen molar-refractivity contribution in [2.45, 2.75) is 6.92 Å². The van der Waals surface area contributed by atoms with Gasteiger partial charge in [-0.3, -0.25) is 14.9 Å². The van der Waals surface area contributed by atoms with Gasteiger partial charge in [0, 0.05) is 17.7 Å². The number of non-ortho nitro benzene ring substituents is 1. The van der Waals surface area contributed by atoms with Crippen LogP contribution in [-0.4, -0.2) is 11.2 Å². The Labute approximate surface area is 109 Å². The van der Waals surface area contributed by atoms with Gasteiger partial charge in [0.25, 0.3) is 5.69 Å². The third-order valence-electron chi connectivity index (χ3n) is 2.62. The summed E-state index contributed by atoms with van der Waals surface area (Å²) >= 11 is 0. The van der Waals surface area contributed by atoms with Crippen LogP contribution >= 0.6 is 0 Å². The second-order valence-electron chi connectivity index (χ2n) is 4.00. The molecular weight excluding hydrogens is 246 g/mol. The van der Waals surface area contributed by atoms with Gasteiger partial charge in [0.05, 0.1) is 4.92 Å². The van der Waals surface area contributed by atoms with Gasteiger partial charge in [-0.05, 0) is 30.7 Å². The summed E-state index contributed by atoms with van der Waals surface area (Å²) in [7, 11) is 0. The van der Waals surface area contributed by atoms with Crippen LogP contribution in [0.2, 0.25) is 0 Å². The number of hydrogen-bond acceptors (Lipinski definition) is 4. The van der Waals surface area contributed by atoms with Crippen molar-refractivity contribution < 1.29 is 14.5 Å². The van der Waals surface area contributed by atoms with Crippen molar-refractivity contribution in [2.75, 3.05) is 0 Å². The lowest BCUT2D eigenvalue weighted by Gasteiger charge is -2.08. The minimum Gasteiger partial charge on any atom is -0.457 e. The monoisotopic (exact) mass is 257 g/mol. The summed E-state index contributed by atoms with van der Waals surface area (Å²) < 4.78 is 5.60. The predicted molar refractivity (Wildman–Crippen MR) is 69.7 cm³/mol. The molecule has 96 valence electrons. The van der Waals surface area contributed by atoms with Crippen molar-refractivity contribution in [1.82, 2.24) is 0 Å². The SMILES string of the molecule is Cc1ccc(C=O)cc1Oc1ccc([N+](=O)[O-])cc1. The molecule has 19 heavy (non-hydrogen) atoms. The summed E-state index contributed by atoms with van der Waals surface area (Å²) in [4.78, 5) is 20.8. The number of hydrogen-bond donors (Lipinski definition) is 0. The highest BCUT2D eigenvalue weighted by molar-refractivity contribution is 5.76. The summed E-state index contributed by atoms with van der Waals surface area (Å²) in [6.07, 6.45) is 0.738. The minimum atomic E-state index is -0.470. The van der Waals surface area contributed by atoms with Gasteiger partial charge in [-0.25, -0.2) is 0 Å². The fraction of sp³-hybridized carbons (Fsp3) is 0.0714. The molecule has 2 aromatic carbocycles. The molecule has 0 spiro atoms. The Hall–Kier alpha value is -2.69. The second-order valence-corrected chi connectivity index (χ2v) is 4.00. The standard InChI is InChI=1S/C14H11NO4/c1-10-2-3-11(9-16)8-14(10)19-13-6-4-12(5-7-13)15(17)18/h2-9H,1H3. The van der Waals surface area contributed by atoms with Crippen molar-refractivity contribution in [3.63, 3.8) is 0 Å². The maximum Gasteiger partial charge on any atom is 0.269 e. The number of nitrogens with zero attached hydrogens (tertiary/aromatic N) is 1. The van der Waals surface area contributed by atoms with Crippen LogP contribution in [0.4, 0.5) is 5.69 Å². The number of ether oxygens (including phenoxy) is 1. The lowest BCUT2D eigenvalue weighted by atomic mass is 10.1. The number of aryl methyl sites for hydroxylation is 1. The fourth-order valence-electron chi connectivity index (χ4n) is 1.56. The third kappa shape index (κ3) is 2.95. The first-order valence-electron chi connectivity index (χ1n) is 5.58. The molecule has 2 rings (SSSR count). The zero-order valence-electron chi connectivity index (χ0n) is 10.2. The Morgan fingerprint density at radius 3 is 2.42 bits per heavy atom. The van der Waals surface area contributed by atoms with Gasteiger partial charge >= 0.3 is 0 Å². The molecule has 0 atom stereocenters. The minimum absolute atomic E-state index is 0.00529. The lowest BCUT2D eigenvalue weighted by Crippen LogP contribution is -1.91. The highest BCUT2D eigenvalue weighted by atomic mass is 16.6. The summed E-state index contributed by atoms with van der Waals surface area (Å²) in [6, 6.07) is 10.9. The molecular formula is C14H11NO4. The molecule has 0 N–H and O–H groups in total. The maximum absolute atomic E-state index is 10.7. The molecule has 0 unspecified atom stereocenters. The van der Waals surface area contributed by atoms with Crippen molar-refractivity contribution in [3.05, 3.63) is 63.7 Å². The Morgan fingerprint density at radius 1 is 1.16 bits per heavy atom. The summed E-state index contributed by atoms with van der Waals surface area (Å²) in [5.41, 5.74) is 1.40. The van der Waals surface area contributed by atoms with E-state index in [2.05, 4.69) is 0 Å². The molecule has 0 fully saturated rings. The number of carbonyl (C=O) groups is 1. The Balaban J connectivity index is 2.25. The Kier molecular flexibility index (Phi) is 3.56. The second kappa shape index (κ2) is 5.30. The molecule has 5 heteroatoms. The van der Waals surface area contributed by atoms with Crippen LogP contribution in [0.3, 0.4) is 0 Å².